The number of benzene rings is 3. The number of fused-ring (bicyclic) bond motifs is 4. The summed E-state index contributed by atoms with van der Waals surface area (Å²) in [6.07, 6.45) is 0. The lowest BCUT2D eigenvalue weighted by atomic mass is 9.86. The third-order valence-corrected chi connectivity index (χ3v) is 10.6. The normalized spacial score (nSPS) is 12.9. The zero-order valence-corrected chi connectivity index (χ0v) is 23.9. The molecule has 0 saturated heterocycles. The maximum absolute atomic E-state index is 2.51. The Hall–Kier alpha value is -2.49. The Morgan fingerprint density at radius 3 is 2.21 bits per heavy atom. The number of rotatable bonds is 2. The average Bonchev–Trinajstić information content (AvgIpc) is 3.11. The summed E-state index contributed by atoms with van der Waals surface area (Å²) in [6, 6.07) is 21.0. The van der Waals surface area contributed by atoms with E-state index >= 15 is 0 Å². The molecule has 174 valence electrons. The molecule has 0 fully saturated rings. The highest BCUT2D eigenvalue weighted by Gasteiger charge is 2.28. The summed E-state index contributed by atoms with van der Waals surface area (Å²) in [5, 5.41) is 5.72. The molecule has 0 unspecified atom stereocenters. The van der Waals surface area contributed by atoms with E-state index in [9.17, 15) is 0 Å². The van der Waals surface area contributed by atoms with Gasteiger partial charge in [0.2, 0.25) is 11.2 Å². The number of hydrogen-bond acceptors (Lipinski definition) is 1. The van der Waals surface area contributed by atoms with Crippen LogP contribution in [0.2, 0.25) is 19.6 Å². The van der Waals surface area contributed by atoms with Crippen molar-refractivity contribution in [1.29, 1.82) is 0 Å². The lowest BCUT2D eigenvalue weighted by Crippen LogP contribution is -2.43. The molecule has 0 atom stereocenters. The molecule has 0 aliphatic heterocycles. The summed E-state index contributed by atoms with van der Waals surface area (Å²) in [5.74, 6) is 0. The second-order valence-corrected chi connectivity index (χ2v) is 18.0. The first-order valence-electron chi connectivity index (χ1n) is 12.3. The number of para-hydroxylation sites is 1. The number of aromatic nitrogens is 1. The lowest BCUT2D eigenvalue weighted by Gasteiger charge is -2.20. The van der Waals surface area contributed by atoms with Crippen molar-refractivity contribution in [2.24, 2.45) is 7.05 Å². The Bertz CT molecular complexity index is 1590. The molecule has 0 amide bonds. The van der Waals surface area contributed by atoms with Gasteiger partial charge in [-0.2, -0.15) is 4.57 Å². The Labute approximate surface area is 209 Å². The van der Waals surface area contributed by atoms with Crippen molar-refractivity contribution in [3.8, 4) is 11.3 Å². The van der Waals surface area contributed by atoms with E-state index < -0.39 is 8.07 Å². The van der Waals surface area contributed by atoms with Gasteiger partial charge in [-0.05, 0) is 59.3 Å². The van der Waals surface area contributed by atoms with Crippen molar-refractivity contribution in [1.82, 2.24) is 0 Å². The van der Waals surface area contributed by atoms with Gasteiger partial charge in [-0.3, -0.25) is 0 Å². The maximum Gasteiger partial charge on any atom is 0.214 e. The van der Waals surface area contributed by atoms with Crippen LogP contribution in [0.4, 0.5) is 0 Å². The quantitative estimate of drug-likeness (QED) is 0.176. The summed E-state index contributed by atoms with van der Waals surface area (Å²) in [7, 11) is 0.687. The number of pyridine rings is 1. The van der Waals surface area contributed by atoms with Crippen molar-refractivity contribution in [3.05, 3.63) is 71.3 Å². The molecule has 0 aliphatic carbocycles. The van der Waals surface area contributed by atoms with Gasteiger partial charge in [0.15, 0.2) is 0 Å². The van der Waals surface area contributed by atoms with Crippen LogP contribution in [0, 0.1) is 13.8 Å². The van der Waals surface area contributed by atoms with Crippen LogP contribution in [-0.4, -0.2) is 8.07 Å². The first kappa shape index (κ1) is 23.3. The maximum atomic E-state index is 2.51. The Morgan fingerprint density at radius 2 is 1.53 bits per heavy atom. The second-order valence-electron chi connectivity index (χ2n) is 11.9. The Morgan fingerprint density at radius 1 is 0.824 bits per heavy atom. The summed E-state index contributed by atoms with van der Waals surface area (Å²) < 4.78 is 5.23. The predicted molar refractivity (Wildman–Crippen MR) is 155 cm³/mol. The molecule has 0 aliphatic rings. The van der Waals surface area contributed by atoms with Crippen LogP contribution in [0.5, 0.6) is 0 Å². The van der Waals surface area contributed by atoms with Crippen molar-refractivity contribution < 1.29 is 4.57 Å². The molecule has 0 bridgehead atoms. The van der Waals surface area contributed by atoms with Crippen LogP contribution in [0.1, 0.15) is 37.5 Å². The van der Waals surface area contributed by atoms with Crippen LogP contribution >= 0.6 is 11.3 Å². The molecule has 2 heterocycles. The third-order valence-electron chi connectivity index (χ3n) is 7.41. The SMILES string of the molecule is Cc1cc2c(sc3cc(C(C)(C)C)ccc32)c(-c2cc([Si](C)(C)C)c3ccccc3[n+]2C)c1C. The van der Waals surface area contributed by atoms with E-state index in [2.05, 4.69) is 120 Å². The molecule has 1 nitrogen and oxygen atoms in total. The third kappa shape index (κ3) is 3.61. The van der Waals surface area contributed by atoms with E-state index in [0.717, 1.165) is 0 Å². The van der Waals surface area contributed by atoms with Gasteiger partial charge in [0.25, 0.3) is 0 Å². The van der Waals surface area contributed by atoms with Crippen LogP contribution < -0.4 is 9.75 Å². The highest BCUT2D eigenvalue weighted by atomic mass is 32.1. The van der Waals surface area contributed by atoms with Crippen molar-refractivity contribution in [2.45, 2.75) is 59.7 Å². The summed E-state index contributed by atoms with van der Waals surface area (Å²) in [5.41, 5.74) is 8.37. The first-order valence-corrected chi connectivity index (χ1v) is 16.6. The minimum atomic E-state index is -1.55. The van der Waals surface area contributed by atoms with Gasteiger partial charge in [-0.1, -0.05) is 64.7 Å². The van der Waals surface area contributed by atoms with E-state index in [1.54, 1.807) is 5.19 Å². The monoisotopic (exact) mass is 482 g/mol. The molecule has 3 heteroatoms. The highest BCUT2D eigenvalue weighted by Crippen LogP contribution is 2.43. The molecule has 0 spiro atoms. The summed E-state index contributed by atoms with van der Waals surface area (Å²) in [6.45, 7) is 18.9. The molecule has 5 rings (SSSR count). The first-order chi connectivity index (χ1) is 15.9. The molecule has 0 saturated carbocycles. The number of nitrogens with zero attached hydrogens (tertiary/aromatic N) is 1. The predicted octanol–water partition coefficient (Wildman–Crippen LogP) is 8.16. The van der Waals surface area contributed by atoms with E-state index in [1.807, 2.05) is 11.3 Å². The topological polar surface area (TPSA) is 3.88 Å². The standard InChI is InChI=1S/C31H36NSSi/c1-19-16-24-22-15-14-21(31(3,4)5)17-27(22)33-30(24)29(20(19)2)26-18-28(34(7,8)9)23-12-10-11-13-25(23)32(26)6/h10-18H,1-9H3/q+1. The van der Waals surface area contributed by atoms with E-state index in [4.69, 9.17) is 0 Å². The van der Waals surface area contributed by atoms with Gasteiger partial charge >= 0.3 is 0 Å². The fourth-order valence-corrected chi connectivity index (χ4v) is 8.13. The number of thiophene rings is 1. The van der Waals surface area contributed by atoms with E-state index in [0.29, 0.717) is 0 Å². The second kappa shape index (κ2) is 7.76. The van der Waals surface area contributed by atoms with Crippen LogP contribution in [0.25, 0.3) is 42.3 Å². The zero-order valence-electron chi connectivity index (χ0n) is 22.1. The minimum absolute atomic E-state index is 0.149. The van der Waals surface area contributed by atoms with Gasteiger partial charge in [-0.15, -0.1) is 11.3 Å². The molecule has 2 aromatic heterocycles. The summed E-state index contributed by atoms with van der Waals surface area (Å²) >= 11 is 1.96. The Balaban J connectivity index is 1.92. The van der Waals surface area contributed by atoms with Crippen molar-refractivity contribution >= 4 is 55.7 Å². The molecular formula is C31H36NSSi+. The van der Waals surface area contributed by atoms with Gasteiger partial charge in [-0.25, -0.2) is 0 Å². The smallest absolute Gasteiger partial charge is 0.194 e. The molecule has 0 N–H and O–H groups in total. The van der Waals surface area contributed by atoms with Gasteiger partial charge in [0, 0.05) is 37.7 Å². The van der Waals surface area contributed by atoms with Crippen molar-refractivity contribution in [2.75, 3.05) is 0 Å². The number of hydrogen-bond donors (Lipinski definition) is 0. The molecule has 0 radical (unpaired) electrons. The molecule has 5 aromatic rings. The molecule has 34 heavy (non-hydrogen) atoms. The van der Waals surface area contributed by atoms with Crippen LogP contribution in [0.15, 0.2) is 54.6 Å². The van der Waals surface area contributed by atoms with E-state index in [1.165, 1.54) is 59.0 Å². The lowest BCUT2D eigenvalue weighted by molar-refractivity contribution is -0.633. The number of aryl methyl sites for hydroxylation is 2. The fourth-order valence-electron chi connectivity index (χ4n) is 5.21. The zero-order chi connectivity index (χ0) is 24.6. The minimum Gasteiger partial charge on any atom is -0.194 e. The van der Waals surface area contributed by atoms with E-state index in [-0.39, 0.29) is 5.41 Å². The fraction of sp³-hybridized carbons (Fsp3) is 0.323. The van der Waals surface area contributed by atoms with Gasteiger partial charge < -0.3 is 0 Å². The van der Waals surface area contributed by atoms with Crippen LogP contribution in [-0.2, 0) is 12.5 Å². The van der Waals surface area contributed by atoms with Gasteiger partial charge in [0.1, 0.15) is 7.05 Å². The summed E-state index contributed by atoms with van der Waals surface area (Å²) in [4.78, 5) is 0. The highest BCUT2D eigenvalue weighted by molar-refractivity contribution is 7.26. The molecular weight excluding hydrogens is 447 g/mol. The largest absolute Gasteiger partial charge is 0.214 e. The average molecular weight is 483 g/mol. The van der Waals surface area contributed by atoms with Crippen molar-refractivity contribution in [3.63, 3.8) is 0 Å². The van der Waals surface area contributed by atoms with Gasteiger partial charge in [0.05, 0.1) is 13.6 Å². The Kier molecular flexibility index (Phi) is 5.31. The molecule has 3 aromatic carbocycles. The van der Waals surface area contributed by atoms with Crippen LogP contribution in [0.3, 0.4) is 0 Å².